The van der Waals surface area contributed by atoms with E-state index in [1.807, 2.05) is 6.07 Å². The van der Waals surface area contributed by atoms with Crippen LogP contribution in [0.5, 0.6) is 6.01 Å². The van der Waals surface area contributed by atoms with E-state index >= 15 is 0 Å². The molecule has 0 aromatic carbocycles. The van der Waals surface area contributed by atoms with Crippen LogP contribution in [0.4, 0.5) is 0 Å². The first-order chi connectivity index (χ1) is 6.35. The van der Waals surface area contributed by atoms with Crippen molar-refractivity contribution in [2.45, 2.75) is 0 Å². The standard InChI is InChI=1S/C8H6N4O/c1-13-8-11-4-6-5(2-9)3-10-7(6)12-8/h3-4H,1H3,(H,10,11,12). The number of nitrogens with one attached hydrogen (secondary N) is 1. The second kappa shape index (κ2) is 2.75. The smallest absolute Gasteiger partial charge is 0.294 e. The Balaban J connectivity index is 2.62. The highest BCUT2D eigenvalue weighted by Crippen LogP contribution is 2.22. The molecule has 0 spiro atoms. The zero-order chi connectivity index (χ0) is 9.26. The molecule has 0 atom stereocenters. The molecule has 64 valence electrons. The van der Waals surface area contributed by atoms with Gasteiger partial charge in [0.05, 0.1) is 18.2 Å². The van der Waals surface area contributed by atoms with E-state index in [1.54, 1.807) is 6.20 Å². The quantitative estimate of drug-likeness (QED) is 0.693. The molecule has 0 aliphatic carbocycles. The second-order valence-corrected chi connectivity index (χ2v) is 2.44. The summed E-state index contributed by atoms with van der Waals surface area (Å²) in [6, 6.07) is 2.41. The van der Waals surface area contributed by atoms with Crippen LogP contribution in [0.15, 0.2) is 12.4 Å². The molecule has 0 aromatic heterocycles. The van der Waals surface area contributed by atoms with E-state index < -0.39 is 0 Å². The molecule has 0 saturated heterocycles. The number of nitriles is 1. The molecule has 1 N–H and O–H groups in total. The average Bonchev–Trinajstić information content (AvgIpc) is 2.59. The number of nitrogens with zero attached hydrogens (tertiary/aromatic N) is 3. The van der Waals surface area contributed by atoms with Crippen molar-refractivity contribution < 1.29 is 4.74 Å². The van der Waals surface area contributed by atoms with Crippen molar-refractivity contribution in [3.05, 3.63) is 18.0 Å². The Morgan fingerprint density at radius 3 is 3.00 bits per heavy atom. The van der Waals surface area contributed by atoms with Crippen LogP contribution in [0.1, 0.15) is 5.56 Å². The fraction of sp³-hybridized carbons (Fsp3) is 0.125. The number of rotatable bonds is 1. The maximum Gasteiger partial charge on any atom is 0.294 e. The summed E-state index contributed by atoms with van der Waals surface area (Å²) in [7, 11) is 1.51. The van der Waals surface area contributed by atoms with Gasteiger partial charge in [-0.1, -0.05) is 0 Å². The Bertz CT molecular complexity index is 442. The highest BCUT2D eigenvalue weighted by Gasteiger charge is 2.12. The molecule has 0 amide bonds. The fourth-order valence-corrected chi connectivity index (χ4v) is 1.08. The summed E-state index contributed by atoms with van der Waals surface area (Å²) in [6.07, 6.45) is 3.07. The molecule has 0 aromatic rings. The first-order valence-corrected chi connectivity index (χ1v) is 3.63. The van der Waals surface area contributed by atoms with Gasteiger partial charge in [-0.3, -0.25) is 4.98 Å². The molecule has 0 fully saturated rings. The normalized spacial score (nSPS) is 9.85. The van der Waals surface area contributed by atoms with Gasteiger partial charge < -0.3 is 4.74 Å². The third-order valence-corrected chi connectivity index (χ3v) is 1.72. The summed E-state index contributed by atoms with van der Waals surface area (Å²) in [5.74, 6) is 0.614. The van der Waals surface area contributed by atoms with E-state index in [2.05, 4.69) is 15.0 Å². The Kier molecular flexibility index (Phi) is 1.60. The lowest BCUT2D eigenvalue weighted by atomic mass is 10.2. The Hall–Kier alpha value is -2.09. The van der Waals surface area contributed by atoms with Crippen molar-refractivity contribution in [3.8, 4) is 23.5 Å². The first kappa shape index (κ1) is 7.55. The Morgan fingerprint density at radius 2 is 2.31 bits per heavy atom. The molecule has 2 aliphatic heterocycles. The molecule has 2 aliphatic rings. The van der Waals surface area contributed by atoms with Gasteiger partial charge in [-0.25, -0.2) is 9.97 Å². The summed E-state index contributed by atoms with van der Waals surface area (Å²) in [5.41, 5.74) is 1.23. The van der Waals surface area contributed by atoms with E-state index in [0.29, 0.717) is 23.0 Å². The van der Waals surface area contributed by atoms with E-state index in [9.17, 15) is 0 Å². The number of aromatic amines is 1. The van der Waals surface area contributed by atoms with Crippen LogP contribution in [0.25, 0.3) is 11.4 Å². The lowest BCUT2D eigenvalue weighted by molar-refractivity contribution is 0.380. The van der Waals surface area contributed by atoms with E-state index in [1.165, 1.54) is 13.3 Å². The maximum absolute atomic E-state index is 8.69. The van der Waals surface area contributed by atoms with Crippen molar-refractivity contribution in [1.82, 2.24) is 15.0 Å². The van der Waals surface area contributed by atoms with Gasteiger partial charge in [0.15, 0.2) is 0 Å². The zero-order valence-electron chi connectivity index (χ0n) is 6.90. The number of ether oxygens (including phenoxy) is 1. The Morgan fingerprint density at radius 1 is 1.46 bits per heavy atom. The average molecular weight is 174 g/mol. The minimum absolute atomic E-state index is 0.384. The van der Waals surface area contributed by atoms with Gasteiger partial charge in [-0.15, -0.1) is 0 Å². The van der Waals surface area contributed by atoms with Crippen molar-refractivity contribution in [2.24, 2.45) is 0 Å². The van der Waals surface area contributed by atoms with Crippen molar-refractivity contribution in [3.63, 3.8) is 0 Å². The predicted octanol–water partition coefficient (Wildman–Crippen LogP) is 0.790. The van der Waals surface area contributed by atoms with Gasteiger partial charge in [-0.05, 0) is 0 Å². The van der Waals surface area contributed by atoms with Crippen LogP contribution in [-0.2, 0) is 0 Å². The molecule has 2 rings (SSSR count). The SMILES string of the molecule is COc1ncc2c(C#N)cnc-2[nH]1. The number of hydrogen-bond donors (Lipinski definition) is 1. The summed E-state index contributed by atoms with van der Waals surface area (Å²) in [4.78, 5) is 10.8. The van der Waals surface area contributed by atoms with Crippen LogP contribution < -0.4 is 4.74 Å². The van der Waals surface area contributed by atoms with Crippen molar-refractivity contribution >= 4 is 0 Å². The first-order valence-electron chi connectivity index (χ1n) is 3.63. The van der Waals surface area contributed by atoms with Crippen LogP contribution in [0.3, 0.4) is 0 Å². The fourth-order valence-electron chi connectivity index (χ4n) is 1.08. The maximum atomic E-state index is 8.69. The highest BCUT2D eigenvalue weighted by molar-refractivity contribution is 5.65. The molecule has 2 heterocycles. The number of H-pyrrole nitrogens is 1. The van der Waals surface area contributed by atoms with Crippen LogP contribution in [-0.4, -0.2) is 22.1 Å². The minimum atomic E-state index is 0.384. The zero-order valence-corrected chi connectivity index (χ0v) is 6.90. The number of fused-ring (bicyclic) bond motifs is 1. The monoisotopic (exact) mass is 174 g/mol. The summed E-state index contributed by atoms with van der Waals surface area (Å²) in [6.45, 7) is 0. The molecule has 5 nitrogen and oxygen atoms in total. The summed E-state index contributed by atoms with van der Waals surface area (Å²) >= 11 is 0. The molecular formula is C8H6N4O. The van der Waals surface area contributed by atoms with E-state index in [-0.39, 0.29) is 0 Å². The van der Waals surface area contributed by atoms with Crippen molar-refractivity contribution in [1.29, 1.82) is 5.26 Å². The molecule has 0 radical (unpaired) electrons. The number of hydrogen-bond acceptors (Lipinski definition) is 4. The lowest BCUT2D eigenvalue weighted by Crippen LogP contribution is -1.94. The topological polar surface area (TPSA) is 74.6 Å². The van der Waals surface area contributed by atoms with Crippen LogP contribution in [0, 0.1) is 11.3 Å². The lowest BCUT2D eigenvalue weighted by Gasteiger charge is -2.01. The Labute approximate surface area is 74.4 Å². The molecule has 5 heteroatoms. The van der Waals surface area contributed by atoms with Crippen LogP contribution in [0.2, 0.25) is 0 Å². The van der Waals surface area contributed by atoms with Crippen molar-refractivity contribution in [2.75, 3.05) is 7.11 Å². The van der Waals surface area contributed by atoms with E-state index in [4.69, 9.17) is 10.00 Å². The molecular weight excluding hydrogens is 168 g/mol. The van der Waals surface area contributed by atoms with Gasteiger partial charge in [0.25, 0.3) is 6.01 Å². The molecule has 0 bridgehead atoms. The number of methoxy groups -OCH3 is 1. The molecule has 13 heavy (non-hydrogen) atoms. The third kappa shape index (κ3) is 1.08. The van der Waals surface area contributed by atoms with E-state index in [0.717, 1.165) is 0 Å². The molecule has 0 unspecified atom stereocenters. The van der Waals surface area contributed by atoms with Gasteiger partial charge in [0, 0.05) is 12.4 Å². The van der Waals surface area contributed by atoms with Gasteiger partial charge >= 0.3 is 0 Å². The van der Waals surface area contributed by atoms with Gasteiger partial charge in [0.1, 0.15) is 11.9 Å². The molecule has 0 saturated carbocycles. The summed E-state index contributed by atoms with van der Waals surface area (Å²) in [5, 5.41) is 8.69. The van der Waals surface area contributed by atoms with Gasteiger partial charge in [0.2, 0.25) is 0 Å². The second-order valence-electron chi connectivity index (χ2n) is 2.44. The number of aromatic nitrogens is 3. The minimum Gasteiger partial charge on any atom is -0.468 e. The summed E-state index contributed by atoms with van der Waals surface area (Å²) < 4.78 is 4.88. The highest BCUT2D eigenvalue weighted by atomic mass is 16.5. The van der Waals surface area contributed by atoms with Gasteiger partial charge in [-0.2, -0.15) is 5.26 Å². The third-order valence-electron chi connectivity index (χ3n) is 1.72. The predicted molar refractivity (Wildman–Crippen MR) is 44.3 cm³/mol. The largest absolute Gasteiger partial charge is 0.468 e. The van der Waals surface area contributed by atoms with Crippen LogP contribution >= 0.6 is 0 Å².